The molecule has 3 heterocycles. The summed E-state index contributed by atoms with van der Waals surface area (Å²) in [6, 6.07) is 0.191. The summed E-state index contributed by atoms with van der Waals surface area (Å²) in [6.07, 6.45) is 5.02. The molecule has 1 saturated heterocycles. The van der Waals surface area contributed by atoms with E-state index in [4.69, 9.17) is 15.5 Å². The molecule has 0 aliphatic carbocycles. The van der Waals surface area contributed by atoms with Crippen molar-refractivity contribution >= 4 is 22.1 Å². The highest BCUT2D eigenvalue weighted by atomic mass is 32.1. The van der Waals surface area contributed by atoms with Crippen LogP contribution in [-0.4, -0.2) is 41.7 Å². The fourth-order valence-corrected chi connectivity index (χ4v) is 3.34. The second-order valence-corrected chi connectivity index (χ2v) is 6.14. The summed E-state index contributed by atoms with van der Waals surface area (Å²) in [5.74, 6) is 1.10. The Morgan fingerprint density at radius 1 is 1.45 bits per heavy atom. The first-order chi connectivity index (χ1) is 9.79. The van der Waals surface area contributed by atoms with Gasteiger partial charge in [-0.15, -0.1) is 11.3 Å². The number of ether oxygens (including phenoxy) is 1. The first kappa shape index (κ1) is 13.9. The molecule has 0 aromatic carbocycles. The number of aromatic nitrogens is 2. The van der Waals surface area contributed by atoms with Crippen molar-refractivity contribution in [2.75, 3.05) is 31.2 Å². The van der Waals surface area contributed by atoms with E-state index in [1.165, 1.54) is 5.69 Å². The van der Waals surface area contributed by atoms with E-state index >= 15 is 0 Å². The van der Waals surface area contributed by atoms with Crippen LogP contribution in [0, 0.1) is 0 Å². The minimum atomic E-state index is 0.191. The van der Waals surface area contributed by atoms with Crippen LogP contribution in [0.25, 0.3) is 4.96 Å². The zero-order valence-electron chi connectivity index (χ0n) is 11.9. The van der Waals surface area contributed by atoms with Gasteiger partial charge in [-0.2, -0.15) is 0 Å². The Morgan fingerprint density at radius 3 is 3.20 bits per heavy atom. The average molecular weight is 294 g/mol. The molecular formula is C14H22N4OS. The summed E-state index contributed by atoms with van der Waals surface area (Å²) in [5.41, 5.74) is 7.42. The van der Waals surface area contributed by atoms with Crippen molar-refractivity contribution in [2.45, 2.75) is 32.2 Å². The molecule has 6 heteroatoms. The highest BCUT2D eigenvalue weighted by molar-refractivity contribution is 7.15. The van der Waals surface area contributed by atoms with Crippen LogP contribution in [0.5, 0.6) is 0 Å². The lowest BCUT2D eigenvalue weighted by Gasteiger charge is -2.21. The van der Waals surface area contributed by atoms with Crippen molar-refractivity contribution in [3.05, 3.63) is 17.3 Å². The maximum absolute atomic E-state index is 6.17. The van der Waals surface area contributed by atoms with E-state index in [0.717, 1.165) is 56.3 Å². The molecule has 0 amide bonds. The number of fused-ring (bicyclic) bond motifs is 1. The standard InChI is InChI=1S/C14H22N4OS/c1-2-11(15)10-12-13(16-14-18(12)6-9-20-14)17-4-3-7-19-8-5-17/h6,9,11H,2-5,7-8,10,15H2,1H3. The number of nitrogens with zero attached hydrogens (tertiary/aromatic N) is 3. The molecule has 0 radical (unpaired) electrons. The van der Waals surface area contributed by atoms with Crippen molar-refractivity contribution in [3.63, 3.8) is 0 Å². The van der Waals surface area contributed by atoms with E-state index in [-0.39, 0.29) is 6.04 Å². The van der Waals surface area contributed by atoms with Crippen LogP contribution in [0.2, 0.25) is 0 Å². The van der Waals surface area contributed by atoms with Crippen LogP contribution >= 0.6 is 11.3 Å². The maximum atomic E-state index is 6.17. The third-order valence-corrected chi connectivity index (χ3v) is 4.60. The maximum Gasteiger partial charge on any atom is 0.195 e. The highest BCUT2D eigenvalue weighted by Gasteiger charge is 2.21. The van der Waals surface area contributed by atoms with Crippen LogP contribution in [0.15, 0.2) is 11.6 Å². The van der Waals surface area contributed by atoms with Crippen LogP contribution < -0.4 is 10.6 Å². The smallest absolute Gasteiger partial charge is 0.195 e. The van der Waals surface area contributed by atoms with Crippen LogP contribution in [0.4, 0.5) is 5.82 Å². The molecule has 2 aromatic rings. The molecule has 5 nitrogen and oxygen atoms in total. The van der Waals surface area contributed by atoms with Gasteiger partial charge in [-0.25, -0.2) is 4.98 Å². The second kappa shape index (κ2) is 6.11. The summed E-state index contributed by atoms with van der Waals surface area (Å²) in [7, 11) is 0. The summed E-state index contributed by atoms with van der Waals surface area (Å²) >= 11 is 1.68. The van der Waals surface area contributed by atoms with Gasteiger partial charge in [0.15, 0.2) is 10.8 Å². The fraction of sp³-hybridized carbons (Fsp3) is 0.643. The molecule has 1 aliphatic rings. The third-order valence-electron chi connectivity index (χ3n) is 3.84. The van der Waals surface area contributed by atoms with Gasteiger partial charge in [0, 0.05) is 43.7 Å². The third kappa shape index (κ3) is 2.68. The Bertz CT molecular complexity index is 557. The number of anilines is 1. The van der Waals surface area contributed by atoms with Gasteiger partial charge >= 0.3 is 0 Å². The topological polar surface area (TPSA) is 55.8 Å². The predicted octanol–water partition coefficient (Wildman–Crippen LogP) is 1.90. The normalized spacial score (nSPS) is 18.4. The van der Waals surface area contributed by atoms with E-state index in [0.29, 0.717) is 0 Å². The molecule has 20 heavy (non-hydrogen) atoms. The van der Waals surface area contributed by atoms with E-state index in [1.807, 2.05) is 0 Å². The number of imidazole rings is 1. The molecule has 1 atom stereocenters. The van der Waals surface area contributed by atoms with Crippen molar-refractivity contribution in [1.29, 1.82) is 0 Å². The fourth-order valence-electron chi connectivity index (χ4n) is 2.61. The molecule has 1 aliphatic heterocycles. The molecule has 1 unspecified atom stereocenters. The number of nitrogens with two attached hydrogens (primary N) is 1. The van der Waals surface area contributed by atoms with E-state index in [1.54, 1.807) is 11.3 Å². The van der Waals surface area contributed by atoms with Gasteiger partial charge in [-0.3, -0.25) is 4.40 Å². The molecular weight excluding hydrogens is 272 g/mol. The first-order valence-corrected chi connectivity index (χ1v) is 8.20. The molecule has 2 aromatic heterocycles. The Hall–Kier alpha value is -1.11. The van der Waals surface area contributed by atoms with E-state index < -0.39 is 0 Å². The Kier molecular flexibility index (Phi) is 4.24. The molecule has 110 valence electrons. The van der Waals surface area contributed by atoms with Crippen LogP contribution in [0.3, 0.4) is 0 Å². The zero-order valence-corrected chi connectivity index (χ0v) is 12.7. The molecule has 1 fully saturated rings. The number of rotatable bonds is 4. The minimum absolute atomic E-state index is 0.191. The van der Waals surface area contributed by atoms with Crippen molar-refractivity contribution in [3.8, 4) is 0 Å². The molecule has 3 rings (SSSR count). The van der Waals surface area contributed by atoms with Crippen molar-refractivity contribution < 1.29 is 4.74 Å². The Labute approximate surface area is 123 Å². The first-order valence-electron chi connectivity index (χ1n) is 7.32. The van der Waals surface area contributed by atoms with E-state index in [9.17, 15) is 0 Å². The largest absolute Gasteiger partial charge is 0.380 e. The van der Waals surface area contributed by atoms with Gasteiger partial charge in [0.25, 0.3) is 0 Å². The Morgan fingerprint density at radius 2 is 2.35 bits per heavy atom. The average Bonchev–Trinajstić information content (AvgIpc) is 2.92. The SMILES string of the molecule is CCC(N)Cc1c(N2CCCOCC2)nc2sccn12. The molecule has 0 bridgehead atoms. The summed E-state index contributed by atoms with van der Waals surface area (Å²) < 4.78 is 7.74. The zero-order chi connectivity index (χ0) is 13.9. The molecule has 0 spiro atoms. The lowest BCUT2D eigenvalue weighted by molar-refractivity contribution is 0.152. The highest BCUT2D eigenvalue weighted by Crippen LogP contribution is 2.26. The quantitative estimate of drug-likeness (QED) is 0.936. The van der Waals surface area contributed by atoms with Crippen LogP contribution in [-0.2, 0) is 11.2 Å². The van der Waals surface area contributed by atoms with E-state index in [2.05, 4.69) is 27.8 Å². The number of thiazole rings is 1. The van der Waals surface area contributed by atoms with Crippen molar-refractivity contribution in [1.82, 2.24) is 9.38 Å². The van der Waals surface area contributed by atoms with Gasteiger partial charge in [0.1, 0.15) is 0 Å². The lowest BCUT2D eigenvalue weighted by Crippen LogP contribution is -2.29. The minimum Gasteiger partial charge on any atom is -0.380 e. The van der Waals surface area contributed by atoms with Crippen LogP contribution in [0.1, 0.15) is 25.5 Å². The monoisotopic (exact) mass is 294 g/mol. The summed E-state index contributed by atoms with van der Waals surface area (Å²) in [4.78, 5) is 8.23. The van der Waals surface area contributed by atoms with Gasteiger partial charge in [-0.1, -0.05) is 6.92 Å². The number of hydrogen-bond donors (Lipinski definition) is 1. The number of hydrogen-bond acceptors (Lipinski definition) is 5. The van der Waals surface area contributed by atoms with Crippen molar-refractivity contribution in [2.24, 2.45) is 5.73 Å². The second-order valence-electron chi connectivity index (χ2n) is 5.26. The summed E-state index contributed by atoms with van der Waals surface area (Å²) in [5, 5.41) is 2.08. The molecule has 2 N–H and O–H groups in total. The lowest BCUT2D eigenvalue weighted by atomic mass is 10.1. The van der Waals surface area contributed by atoms with Gasteiger partial charge in [-0.05, 0) is 12.8 Å². The molecule has 0 saturated carbocycles. The van der Waals surface area contributed by atoms with Gasteiger partial charge in [0.05, 0.1) is 12.3 Å². The predicted molar refractivity (Wildman–Crippen MR) is 82.7 cm³/mol. The summed E-state index contributed by atoms with van der Waals surface area (Å²) in [6.45, 7) is 5.70. The van der Waals surface area contributed by atoms with Gasteiger partial charge in [0.2, 0.25) is 0 Å². The Balaban J connectivity index is 1.95. The van der Waals surface area contributed by atoms with Gasteiger partial charge < -0.3 is 15.4 Å².